The second-order valence-electron chi connectivity index (χ2n) is 18.1. The number of halogens is 1. The van der Waals surface area contributed by atoms with Crippen molar-refractivity contribution in [1.82, 2.24) is 0 Å². The molecule has 0 saturated carbocycles. The third-order valence-electron chi connectivity index (χ3n) is 10.6. The smallest absolute Gasteiger partial charge is 1.00 e. The summed E-state index contributed by atoms with van der Waals surface area (Å²) in [5.41, 5.74) is 0.271. The molecule has 56 heavy (non-hydrogen) atoms. The van der Waals surface area contributed by atoms with Gasteiger partial charge in [-0.25, -0.2) is 0 Å². The molecule has 2 aliphatic heterocycles. The van der Waals surface area contributed by atoms with E-state index in [2.05, 4.69) is 41.5 Å². The molecule has 10 heteroatoms. The van der Waals surface area contributed by atoms with Crippen molar-refractivity contribution in [1.29, 1.82) is 0 Å². The van der Waals surface area contributed by atoms with E-state index >= 15 is 0 Å². The second-order valence-corrected chi connectivity index (χ2v) is 20.6. The Morgan fingerprint density at radius 2 is 0.518 bits per heavy atom. The Morgan fingerprint density at radius 3 is 0.714 bits per heavy atom. The summed E-state index contributed by atoms with van der Waals surface area (Å²) in [6, 6.07) is 0. The molecule has 6 nitrogen and oxygen atoms in total. The van der Waals surface area contributed by atoms with Crippen LogP contribution in [0.4, 0.5) is 0 Å². The molecule has 2 fully saturated rings. The van der Waals surface area contributed by atoms with E-state index < -0.39 is 17.2 Å². The van der Waals surface area contributed by atoms with Crippen molar-refractivity contribution in [2.75, 3.05) is 39.6 Å². The van der Waals surface area contributed by atoms with Gasteiger partial charge in [0.05, 0.1) is 39.6 Å². The first-order valence-corrected chi connectivity index (χ1v) is 25.8. The fourth-order valence-electron chi connectivity index (χ4n) is 6.80. The van der Waals surface area contributed by atoms with E-state index in [0.29, 0.717) is 0 Å². The van der Waals surface area contributed by atoms with Crippen LogP contribution < -0.4 is 12.4 Å². The molecule has 0 N–H and O–H groups in total. The van der Waals surface area contributed by atoms with Crippen LogP contribution in [0.5, 0.6) is 0 Å². The first-order valence-electron chi connectivity index (χ1n) is 23.7. The normalized spacial score (nSPS) is 16.8. The van der Waals surface area contributed by atoms with Crippen molar-refractivity contribution in [2.45, 2.75) is 247 Å². The molecule has 0 aromatic rings. The molecule has 0 atom stereocenters. The van der Waals surface area contributed by atoms with E-state index in [1.807, 2.05) is 0 Å². The number of unbranched alkanes of at least 4 members (excludes halogenated alkanes) is 30. The summed E-state index contributed by atoms with van der Waals surface area (Å²) in [5, 5.41) is 0. The van der Waals surface area contributed by atoms with Crippen LogP contribution in [0, 0.1) is 10.8 Å². The minimum atomic E-state index is -1.07. The average Bonchev–Trinajstić information content (AvgIpc) is 3.15. The van der Waals surface area contributed by atoms with Crippen LogP contribution in [0.3, 0.4) is 0 Å². The molecular formula is C46H94ClCuO6P2. The molecule has 2 saturated heterocycles. The zero-order valence-electron chi connectivity index (χ0n) is 37.9. The third kappa shape index (κ3) is 40.8. The van der Waals surface area contributed by atoms with Crippen LogP contribution in [0.1, 0.15) is 247 Å². The van der Waals surface area contributed by atoms with Gasteiger partial charge in [-0.2, -0.15) is 0 Å². The fraction of sp³-hybridized carbons (Fsp3) is 1.00. The van der Waals surface area contributed by atoms with E-state index in [4.69, 9.17) is 27.1 Å². The number of hydrogen-bond donors (Lipinski definition) is 0. The van der Waals surface area contributed by atoms with Crippen LogP contribution in [-0.4, -0.2) is 39.6 Å². The molecule has 2 heterocycles. The molecule has 0 bridgehead atoms. The maximum absolute atomic E-state index is 5.72. The van der Waals surface area contributed by atoms with Crippen LogP contribution >= 0.6 is 17.2 Å². The second kappa shape index (κ2) is 43.1. The van der Waals surface area contributed by atoms with E-state index in [0.717, 1.165) is 52.5 Å². The summed E-state index contributed by atoms with van der Waals surface area (Å²) in [6.07, 6.45) is 44.7. The Bertz CT molecular complexity index is 702. The first-order chi connectivity index (χ1) is 26.3. The van der Waals surface area contributed by atoms with Crippen LogP contribution in [0.25, 0.3) is 0 Å². The third-order valence-corrected chi connectivity index (χ3v) is 12.8. The van der Waals surface area contributed by atoms with Gasteiger partial charge in [0.15, 0.2) is 0 Å². The minimum Gasteiger partial charge on any atom is -1.00 e. The summed E-state index contributed by atoms with van der Waals surface area (Å²) in [7, 11) is -2.15. The standard InChI is InChI=1S/2C23H47O3P.ClH.Cu/c2*1-4-5-6-7-8-9-10-11-12-13-14-15-16-17-18-19-20-24-27-25-21-23(2,3)22-26-27;;/h2*4-22H2,1-3H3;1H;/q;;;+1/p-1. The molecule has 0 amide bonds. The van der Waals surface area contributed by atoms with E-state index in [-0.39, 0.29) is 40.3 Å². The van der Waals surface area contributed by atoms with Crippen molar-refractivity contribution in [3.05, 3.63) is 0 Å². The van der Waals surface area contributed by atoms with Gasteiger partial charge in [0.2, 0.25) is 0 Å². The van der Waals surface area contributed by atoms with Gasteiger partial charge in [0.25, 0.3) is 0 Å². The molecule has 0 radical (unpaired) electrons. The molecule has 342 valence electrons. The van der Waals surface area contributed by atoms with Gasteiger partial charge in [-0.1, -0.05) is 234 Å². The van der Waals surface area contributed by atoms with Gasteiger partial charge < -0.3 is 39.5 Å². The molecular weight excluding hydrogens is 809 g/mol. The van der Waals surface area contributed by atoms with Gasteiger partial charge in [0, 0.05) is 10.8 Å². The van der Waals surface area contributed by atoms with Gasteiger partial charge in [-0.15, -0.1) is 0 Å². The van der Waals surface area contributed by atoms with Crippen LogP contribution in [-0.2, 0) is 44.2 Å². The monoisotopic (exact) mass is 903 g/mol. The van der Waals surface area contributed by atoms with Gasteiger partial charge in [0.1, 0.15) is 0 Å². The van der Waals surface area contributed by atoms with Crippen molar-refractivity contribution in [3.63, 3.8) is 0 Å². The number of rotatable bonds is 36. The molecule has 0 aromatic carbocycles. The summed E-state index contributed by atoms with van der Waals surface area (Å²) < 4.78 is 34.0. The molecule has 0 aromatic heterocycles. The Kier molecular flexibility index (Phi) is 45.8. The summed E-state index contributed by atoms with van der Waals surface area (Å²) in [5.74, 6) is 0. The van der Waals surface area contributed by atoms with Crippen LogP contribution in [0.2, 0.25) is 0 Å². The maximum Gasteiger partial charge on any atom is 1.00 e. The van der Waals surface area contributed by atoms with E-state index in [9.17, 15) is 0 Å². The zero-order chi connectivity index (χ0) is 39.3. The first kappa shape index (κ1) is 59.5. The fourth-order valence-corrected chi connectivity index (χ4v) is 9.62. The summed E-state index contributed by atoms with van der Waals surface area (Å²) in [4.78, 5) is 0. The summed E-state index contributed by atoms with van der Waals surface area (Å²) >= 11 is 0. The summed E-state index contributed by atoms with van der Waals surface area (Å²) in [6.45, 7) is 17.8. The maximum atomic E-state index is 5.72. The molecule has 2 rings (SSSR count). The van der Waals surface area contributed by atoms with Gasteiger partial charge in [-0.05, 0) is 12.8 Å². The van der Waals surface area contributed by atoms with Crippen molar-refractivity contribution in [3.8, 4) is 0 Å². The van der Waals surface area contributed by atoms with Crippen molar-refractivity contribution >= 4 is 17.2 Å². The predicted octanol–water partition coefficient (Wildman–Crippen LogP) is 14.1. The molecule has 0 spiro atoms. The van der Waals surface area contributed by atoms with Crippen LogP contribution in [0.15, 0.2) is 0 Å². The molecule has 0 unspecified atom stereocenters. The largest absolute Gasteiger partial charge is 1.00 e. The average molecular weight is 904 g/mol. The van der Waals surface area contributed by atoms with Crippen molar-refractivity contribution in [2.24, 2.45) is 10.8 Å². The Balaban J connectivity index is 0. The van der Waals surface area contributed by atoms with E-state index in [1.165, 1.54) is 193 Å². The van der Waals surface area contributed by atoms with Gasteiger partial charge >= 0.3 is 34.3 Å². The van der Waals surface area contributed by atoms with Crippen molar-refractivity contribution < 1.29 is 56.6 Å². The molecule has 2 aliphatic rings. The minimum absolute atomic E-state index is 0. The Hall–Kier alpha value is 1.43. The molecule has 0 aliphatic carbocycles. The Morgan fingerprint density at radius 1 is 0.339 bits per heavy atom. The quantitative estimate of drug-likeness (QED) is 0.0355. The number of hydrogen-bond acceptors (Lipinski definition) is 6. The predicted molar refractivity (Wildman–Crippen MR) is 236 cm³/mol. The van der Waals surface area contributed by atoms with Gasteiger partial charge in [-0.3, -0.25) is 0 Å². The Labute approximate surface area is 369 Å². The topological polar surface area (TPSA) is 55.4 Å². The zero-order valence-corrected chi connectivity index (χ0v) is 41.4. The van der Waals surface area contributed by atoms with E-state index in [1.54, 1.807) is 0 Å². The SMILES string of the molecule is CCCCCCCCCCCCCCCCCCOP1OCC(C)(C)CO1.CCCCCCCCCCCCCCCCCCOP1OCC(C)(C)CO1.[Cl-].[Cu+].